The Morgan fingerprint density at radius 3 is 2.71 bits per heavy atom. The summed E-state index contributed by atoms with van der Waals surface area (Å²) in [4.78, 5) is 13.5. The normalized spacial score (nSPS) is 11.7. The number of aromatic nitrogens is 2. The predicted octanol–water partition coefficient (Wildman–Crippen LogP) is 4.03. The minimum atomic E-state index is 0.278. The van der Waals surface area contributed by atoms with Gasteiger partial charge in [0.25, 0.3) is 0 Å². The molecule has 0 atom stereocenters. The summed E-state index contributed by atoms with van der Waals surface area (Å²) in [5.41, 5.74) is 8.85. The summed E-state index contributed by atoms with van der Waals surface area (Å²) in [7, 11) is 1.64. The average Bonchev–Trinajstić information content (AvgIpc) is 2.72. The summed E-state index contributed by atoms with van der Waals surface area (Å²) >= 11 is 0. The summed E-state index contributed by atoms with van der Waals surface area (Å²) in [5.74, 6) is 1.48. The van der Waals surface area contributed by atoms with E-state index in [1.807, 2.05) is 43.3 Å². The predicted molar refractivity (Wildman–Crippen MR) is 114 cm³/mol. The summed E-state index contributed by atoms with van der Waals surface area (Å²) < 4.78 is 5.27. The molecule has 3 N–H and O–H groups in total. The van der Waals surface area contributed by atoms with E-state index in [1.165, 1.54) is 10.8 Å². The standard InChI is InChI=1S/C22H21N5O/c1-14-19-12-17(28-2)10-11-20(19)26-22(25-14)27-21(23)24-13-16-8-5-7-15-6-3-4-9-18(15)16/h3-12H,13H2,1-2H3,(H3,23,24,25,26,27). The average molecular weight is 371 g/mol. The number of methoxy groups -OCH3 is 1. The van der Waals surface area contributed by atoms with Crippen LogP contribution in [0.4, 0.5) is 5.95 Å². The molecule has 0 saturated heterocycles. The Morgan fingerprint density at radius 2 is 1.86 bits per heavy atom. The van der Waals surface area contributed by atoms with Gasteiger partial charge in [0, 0.05) is 5.39 Å². The van der Waals surface area contributed by atoms with E-state index in [0.29, 0.717) is 12.5 Å². The Kier molecular flexibility index (Phi) is 4.76. The lowest BCUT2D eigenvalue weighted by molar-refractivity contribution is 0.415. The molecule has 0 aliphatic carbocycles. The zero-order valence-electron chi connectivity index (χ0n) is 15.8. The van der Waals surface area contributed by atoms with E-state index in [9.17, 15) is 0 Å². The van der Waals surface area contributed by atoms with Crippen LogP contribution in [-0.2, 0) is 6.54 Å². The molecule has 0 saturated carbocycles. The van der Waals surface area contributed by atoms with Crippen LogP contribution in [0, 0.1) is 6.92 Å². The van der Waals surface area contributed by atoms with Crippen molar-refractivity contribution in [1.29, 1.82) is 0 Å². The van der Waals surface area contributed by atoms with Crippen LogP contribution in [0.5, 0.6) is 5.75 Å². The van der Waals surface area contributed by atoms with Crippen molar-refractivity contribution in [3.8, 4) is 5.75 Å². The molecule has 3 aromatic carbocycles. The van der Waals surface area contributed by atoms with Crippen molar-refractivity contribution in [2.24, 2.45) is 10.7 Å². The maximum absolute atomic E-state index is 6.08. The minimum absolute atomic E-state index is 0.278. The first-order chi connectivity index (χ1) is 13.6. The number of rotatable bonds is 4. The number of ether oxygens (including phenoxy) is 1. The fourth-order valence-electron chi connectivity index (χ4n) is 3.20. The van der Waals surface area contributed by atoms with Gasteiger partial charge in [-0.15, -0.1) is 0 Å². The van der Waals surface area contributed by atoms with E-state index in [-0.39, 0.29) is 5.96 Å². The molecule has 4 aromatic rings. The van der Waals surface area contributed by atoms with Crippen LogP contribution < -0.4 is 15.8 Å². The fourth-order valence-corrected chi connectivity index (χ4v) is 3.20. The zero-order valence-corrected chi connectivity index (χ0v) is 15.8. The first kappa shape index (κ1) is 17.7. The molecule has 1 heterocycles. The molecule has 0 fully saturated rings. The van der Waals surface area contributed by atoms with Crippen molar-refractivity contribution in [3.63, 3.8) is 0 Å². The van der Waals surface area contributed by atoms with Crippen LogP contribution in [-0.4, -0.2) is 23.0 Å². The van der Waals surface area contributed by atoms with Crippen LogP contribution in [0.1, 0.15) is 11.3 Å². The van der Waals surface area contributed by atoms with E-state index >= 15 is 0 Å². The third-order valence-electron chi connectivity index (χ3n) is 4.63. The highest BCUT2D eigenvalue weighted by molar-refractivity contribution is 5.92. The van der Waals surface area contributed by atoms with Gasteiger partial charge in [0.1, 0.15) is 5.75 Å². The first-order valence-electron chi connectivity index (χ1n) is 9.00. The lowest BCUT2D eigenvalue weighted by atomic mass is 10.1. The maximum atomic E-state index is 6.08. The Morgan fingerprint density at radius 1 is 1.04 bits per heavy atom. The monoisotopic (exact) mass is 371 g/mol. The summed E-state index contributed by atoms with van der Waals surface area (Å²) in [6.07, 6.45) is 0. The number of fused-ring (bicyclic) bond motifs is 2. The molecule has 6 nitrogen and oxygen atoms in total. The lowest BCUT2D eigenvalue weighted by Crippen LogP contribution is -2.24. The van der Waals surface area contributed by atoms with Crippen LogP contribution in [0.3, 0.4) is 0 Å². The van der Waals surface area contributed by atoms with Gasteiger partial charge in [0.05, 0.1) is 24.9 Å². The number of benzene rings is 3. The van der Waals surface area contributed by atoms with Crippen molar-refractivity contribution < 1.29 is 4.74 Å². The Bertz CT molecular complexity index is 1180. The largest absolute Gasteiger partial charge is 0.497 e. The number of hydrogen-bond acceptors (Lipinski definition) is 4. The number of nitrogens with one attached hydrogen (secondary N) is 1. The lowest BCUT2D eigenvalue weighted by Gasteiger charge is -2.09. The molecule has 0 aliphatic heterocycles. The van der Waals surface area contributed by atoms with Gasteiger partial charge < -0.3 is 10.5 Å². The Balaban J connectivity index is 1.56. The molecule has 0 spiro atoms. The highest BCUT2D eigenvalue weighted by Gasteiger charge is 2.07. The second kappa shape index (κ2) is 7.52. The number of aliphatic imine (C=N–C) groups is 1. The minimum Gasteiger partial charge on any atom is -0.497 e. The van der Waals surface area contributed by atoms with Crippen LogP contribution in [0.15, 0.2) is 65.7 Å². The van der Waals surface area contributed by atoms with Gasteiger partial charge in [0.15, 0.2) is 5.96 Å². The van der Waals surface area contributed by atoms with E-state index < -0.39 is 0 Å². The third-order valence-corrected chi connectivity index (χ3v) is 4.63. The molecular weight excluding hydrogens is 350 g/mol. The van der Waals surface area contributed by atoms with Gasteiger partial charge in [-0.1, -0.05) is 42.5 Å². The van der Waals surface area contributed by atoms with E-state index in [1.54, 1.807) is 7.11 Å². The van der Waals surface area contributed by atoms with Crippen LogP contribution >= 0.6 is 0 Å². The van der Waals surface area contributed by atoms with Gasteiger partial charge in [-0.25, -0.2) is 15.0 Å². The number of guanidine groups is 1. The Labute approximate surface area is 163 Å². The molecule has 6 heteroatoms. The quantitative estimate of drug-likeness (QED) is 0.418. The summed E-state index contributed by atoms with van der Waals surface area (Å²) in [6, 6.07) is 20.1. The molecule has 28 heavy (non-hydrogen) atoms. The smallest absolute Gasteiger partial charge is 0.230 e. The third kappa shape index (κ3) is 3.57. The van der Waals surface area contributed by atoms with E-state index in [0.717, 1.165) is 27.9 Å². The first-order valence-corrected chi connectivity index (χ1v) is 9.00. The molecule has 140 valence electrons. The second-order valence-electron chi connectivity index (χ2n) is 6.48. The highest BCUT2D eigenvalue weighted by atomic mass is 16.5. The van der Waals surface area contributed by atoms with Gasteiger partial charge in [0.2, 0.25) is 5.95 Å². The fraction of sp³-hybridized carbons (Fsp3) is 0.136. The molecule has 1 aromatic heterocycles. The molecule has 0 bridgehead atoms. The molecule has 0 radical (unpaired) electrons. The van der Waals surface area contributed by atoms with E-state index in [4.69, 9.17) is 10.5 Å². The molecule has 0 aliphatic rings. The maximum Gasteiger partial charge on any atom is 0.230 e. The number of anilines is 1. The van der Waals surface area contributed by atoms with Gasteiger partial charge in [-0.2, -0.15) is 0 Å². The highest BCUT2D eigenvalue weighted by Crippen LogP contribution is 2.23. The summed E-state index contributed by atoms with van der Waals surface area (Å²) in [6.45, 7) is 2.40. The molecule has 4 rings (SSSR count). The van der Waals surface area contributed by atoms with Crippen LogP contribution in [0.25, 0.3) is 21.7 Å². The van der Waals surface area contributed by atoms with Gasteiger partial charge in [-0.3, -0.25) is 5.32 Å². The number of hydrogen-bond donors (Lipinski definition) is 2. The topological polar surface area (TPSA) is 85.4 Å². The second-order valence-corrected chi connectivity index (χ2v) is 6.48. The Hall–Kier alpha value is -3.67. The SMILES string of the molecule is COc1ccc2nc(NC(N)=NCc3cccc4ccccc34)nc(C)c2c1. The summed E-state index contributed by atoms with van der Waals surface area (Å²) in [5, 5.41) is 6.30. The molecule has 0 amide bonds. The van der Waals surface area contributed by atoms with Crippen LogP contribution in [0.2, 0.25) is 0 Å². The number of aryl methyl sites for hydroxylation is 1. The zero-order chi connectivity index (χ0) is 19.5. The van der Waals surface area contributed by atoms with E-state index in [2.05, 4.69) is 44.5 Å². The van der Waals surface area contributed by atoms with Crippen molar-refractivity contribution in [1.82, 2.24) is 9.97 Å². The molecular formula is C22H21N5O. The number of nitrogens with two attached hydrogens (primary N) is 1. The van der Waals surface area contributed by atoms with Crippen molar-refractivity contribution in [2.75, 3.05) is 12.4 Å². The van der Waals surface area contributed by atoms with Crippen molar-refractivity contribution >= 4 is 33.6 Å². The van der Waals surface area contributed by atoms with Crippen molar-refractivity contribution in [3.05, 3.63) is 71.9 Å². The van der Waals surface area contributed by atoms with Gasteiger partial charge >= 0.3 is 0 Å². The molecule has 0 unspecified atom stereocenters. The number of nitrogens with zero attached hydrogens (tertiary/aromatic N) is 3. The van der Waals surface area contributed by atoms with Gasteiger partial charge in [-0.05, 0) is 41.5 Å². The van der Waals surface area contributed by atoms with Crippen molar-refractivity contribution in [2.45, 2.75) is 13.5 Å².